The summed E-state index contributed by atoms with van der Waals surface area (Å²) in [5, 5.41) is 4.00. The smallest absolute Gasteiger partial charge is 0.258 e. The minimum atomic E-state index is -3.62. The highest BCUT2D eigenvalue weighted by atomic mass is 32.2. The van der Waals surface area contributed by atoms with E-state index in [0.29, 0.717) is 17.9 Å². The van der Waals surface area contributed by atoms with E-state index >= 15 is 0 Å². The van der Waals surface area contributed by atoms with Crippen molar-refractivity contribution in [2.45, 2.75) is 30.7 Å². The Balaban J connectivity index is 1.52. The highest BCUT2D eigenvalue weighted by Crippen LogP contribution is 2.24. The maximum Gasteiger partial charge on any atom is 0.258 e. The Labute approximate surface area is 170 Å². The molecule has 2 heterocycles. The average Bonchev–Trinajstić information content (AvgIpc) is 3.42. The molecule has 0 radical (unpaired) electrons. The van der Waals surface area contributed by atoms with Gasteiger partial charge in [-0.3, -0.25) is 4.90 Å². The van der Waals surface area contributed by atoms with Crippen LogP contribution in [0, 0.1) is 0 Å². The van der Waals surface area contributed by atoms with Crippen LogP contribution in [0.3, 0.4) is 0 Å². The number of hydrogen-bond acceptors (Lipinski definition) is 6. The van der Waals surface area contributed by atoms with Gasteiger partial charge < -0.3 is 4.52 Å². The molecule has 0 aliphatic carbocycles. The highest BCUT2D eigenvalue weighted by molar-refractivity contribution is 7.89. The zero-order chi connectivity index (χ0) is 20.3. The van der Waals surface area contributed by atoms with Crippen LogP contribution >= 0.6 is 0 Å². The van der Waals surface area contributed by atoms with Gasteiger partial charge in [0.15, 0.2) is 0 Å². The number of likely N-dealkylation sites (tertiary alicyclic amines) is 1. The molecular weight excluding hydrogens is 388 g/mol. The quantitative estimate of drug-likeness (QED) is 0.641. The number of nitrogens with zero attached hydrogens (tertiary/aromatic N) is 3. The molecule has 0 spiro atoms. The molecule has 1 aliphatic heterocycles. The first-order valence-electron chi connectivity index (χ1n) is 9.80. The summed E-state index contributed by atoms with van der Waals surface area (Å²) in [4.78, 5) is 6.90. The van der Waals surface area contributed by atoms with Crippen molar-refractivity contribution in [2.24, 2.45) is 0 Å². The van der Waals surface area contributed by atoms with Crippen molar-refractivity contribution in [3.8, 4) is 22.8 Å². The van der Waals surface area contributed by atoms with E-state index in [1.807, 2.05) is 30.3 Å². The molecule has 3 aromatic rings. The molecular formula is C21H24N4O3S. The maximum absolute atomic E-state index is 12.8. The van der Waals surface area contributed by atoms with Crippen molar-refractivity contribution in [2.75, 3.05) is 19.6 Å². The lowest BCUT2D eigenvalue weighted by Crippen LogP contribution is -2.39. The molecule has 1 atom stereocenters. The van der Waals surface area contributed by atoms with Gasteiger partial charge in [-0.25, -0.2) is 13.1 Å². The first-order chi connectivity index (χ1) is 14.1. The van der Waals surface area contributed by atoms with E-state index in [-0.39, 0.29) is 16.8 Å². The number of benzene rings is 2. The molecule has 29 heavy (non-hydrogen) atoms. The monoisotopic (exact) mass is 412 g/mol. The van der Waals surface area contributed by atoms with Crippen molar-refractivity contribution in [1.82, 2.24) is 19.8 Å². The molecule has 0 saturated carbocycles. The Morgan fingerprint density at radius 1 is 1.14 bits per heavy atom. The van der Waals surface area contributed by atoms with Crippen LogP contribution in [0.15, 0.2) is 64.0 Å². The number of rotatable bonds is 7. The van der Waals surface area contributed by atoms with E-state index in [4.69, 9.17) is 4.52 Å². The summed E-state index contributed by atoms with van der Waals surface area (Å²) in [5.74, 6) is 0.752. The van der Waals surface area contributed by atoms with E-state index in [0.717, 1.165) is 31.5 Å². The summed E-state index contributed by atoms with van der Waals surface area (Å²) in [6.07, 6.45) is 2.12. The van der Waals surface area contributed by atoms with Gasteiger partial charge in [-0.15, -0.1) is 0 Å². The molecule has 152 valence electrons. The summed E-state index contributed by atoms with van der Waals surface area (Å²) < 4.78 is 33.7. The summed E-state index contributed by atoms with van der Waals surface area (Å²) in [5.41, 5.74) is 1.41. The van der Waals surface area contributed by atoms with Gasteiger partial charge in [0, 0.05) is 23.7 Å². The number of nitrogens with one attached hydrogen (secondary N) is 1. The number of hydrogen-bond donors (Lipinski definition) is 1. The Morgan fingerprint density at radius 2 is 1.93 bits per heavy atom. The Bertz CT molecular complexity index is 1070. The average molecular weight is 413 g/mol. The first-order valence-corrected chi connectivity index (χ1v) is 11.3. The molecule has 0 amide bonds. The molecule has 7 nitrogen and oxygen atoms in total. The molecule has 1 aliphatic rings. The third-order valence-electron chi connectivity index (χ3n) is 5.26. The molecule has 1 saturated heterocycles. The minimum absolute atomic E-state index is 0.190. The normalized spacial score (nSPS) is 17.6. The number of likely N-dealkylation sites (N-methyl/N-ethyl adjacent to an activating group) is 1. The minimum Gasteiger partial charge on any atom is -0.334 e. The van der Waals surface area contributed by atoms with E-state index in [1.54, 1.807) is 24.3 Å². The van der Waals surface area contributed by atoms with Crippen molar-refractivity contribution in [3.63, 3.8) is 0 Å². The fraction of sp³-hybridized carbons (Fsp3) is 0.333. The third-order valence-corrected chi connectivity index (χ3v) is 6.68. The Morgan fingerprint density at radius 3 is 2.72 bits per heavy atom. The lowest BCUT2D eigenvalue weighted by Gasteiger charge is -2.22. The molecule has 8 heteroatoms. The predicted octanol–water partition coefficient (Wildman–Crippen LogP) is 3.17. The van der Waals surface area contributed by atoms with Crippen LogP contribution < -0.4 is 4.72 Å². The van der Waals surface area contributed by atoms with Gasteiger partial charge in [-0.2, -0.15) is 4.98 Å². The summed E-state index contributed by atoms with van der Waals surface area (Å²) in [7, 11) is -3.62. The number of sulfonamides is 1. The fourth-order valence-electron chi connectivity index (χ4n) is 3.67. The SMILES string of the molecule is CCN1CCCC1CNS(=O)(=O)c1cccc(-c2nc(-c3ccccc3)no2)c1. The summed E-state index contributed by atoms with van der Waals surface area (Å²) in [6, 6.07) is 16.3. The lowest BCUT2D eigenvalue weighted by atomic mass is 10.2. The second-order valence-electron chi connectivity index (χ2n) is 7.09. The van der Waals surface area contributed by atoms with Crippen molar-refractivity contribution in [1.29, 1.82) is 0 Å². The van der Waals surface area contributed by atoms with E-state index in [2.05, 4.69) is 26.7 Å². The van der Waals surface area contributed by atoms with Gasteiger partial charge in [-0.1, -0.05) is 48.5 Å². The van der Waals surface area contributed by atoms with Crippen LogP contribution in [-0.4, -0.2) is 49.1 Å². The van der Waals surface area contributed by atoms with Crippen LogP contribution in [0.25, 0.3) is 22.8 Å². The maximum atomic E-state index is 12.8. The van der Waals surface area contributed by atoms with E-state index in [1.165, 1.54) is 0 Å². The van der Waals surface area contributed by atoms with Gasteiger partial charge in [0.25, 0.3) is 5.89 Å². The summed E-state index contributed by atoms with van der Waals surface area (Å²) in [6.45, 7) is 4.48. The molecule has 0 bridgehead atoms. The van der Waals surface area contributed by atoms with Gasteiger partial charge in [0.2, 0.25) is 15.8 Å². The van der Waals surface area contributed by atoms with Crippen molar-refractivity contribution in [3.05, 3.63) is 54.6 Å². The highest BCUT2D eigenvalue weighted by Gasteiger charge is 2.25. The lowest BCUT2D eigenvalue weighted by molar-refractivity contribution is 0.268. The van der Waals surface area contributed by atoms with Crippen LogP contribution in [0.5, 0.6) is 0 Å². The van der Waals surface area contributed by atoms with Crippen molar-refractivity contribution < 1.29 is 12.9 Å². The standard InChI is InChI=1S/C21H24N4O3S/c1-2-25-13-7-11-18(25)15-22-29(26,27)19-12-6-10-17(14-19)21-23-20(24-28-21)16-8-4-3-5-9-16/h3-6,8-10,12,14,18,22H,2,7,11,13,15H2,1H3. The Hall–Kier alpha value is -2.55. The zero-order valence-electron chi connectivity index (χ0n) is 16.3. The third kappa shape index (κ3) is 4.39. The van der Waals surface area contributed by atoms with Gasteiger partial charge >= 0.3 is 0 Å². The van der Waals surface area contributed by atoms with Gasteiger partial charge in [-0.05, 0) is 44.1 Å². The van der Waals surface area contributed by atoms with Crippen LogP contribution in [0.1, 0.15) is 19.8 Å². The molecule has 1 unspecified atom stereocenters. The van der Waals surface area contributed by atoms with E-state index in [9.17, 15) is 8.42 Å². The van der Waals surface area contributed by atoms with E-state index < -0.39 is 10.0 Å². The second-order valence-corrected chi connectivity index (χ2v) is 8.86. The summed E-state index contributed by atoms with van der Waals surface area (Å²) >= 11 is 0. The molecule has 2 aromatic carbocycles. The van der Waals surface area contributed by atoms with Crippen LogP contribution in [0.4, 0.5) is 0 Å². The first kappa shape index (κ1) is 19.8. The van der Waals surface area contributed by atoms with Crippen LogP contribution in [-0.2, 0) is 10.0 Å². The predicted molar refractivity (Wildman–Crippen MR) is 111 cm³/mol. The largest absolute Gasteiger partial charge is 0.334 e. The fourth-order valence-corrected chi connectivity index (χ4v) is 4.79. The van der Waals surface area contributed by atoms with Crippen molar-refractivity contribution >= 4 is 10.0 Å². The van der Waals surface area contributed by atoms with Gasteiger partial charge in [0.1, 0.15) is 0 Å². The molecule has 1 N–H and O–H groups in total. The van der Waals surface area contributed by atoms with Crippen LogP contribution in [0.2, 0.25) is 0 Å². The second kappa shape index (κ2) is 8.44. The zero-order valence-corrected chi connectivity index (χ0v) is 17.1. The topological polar surface area (TPSA) is 88.3 Å². The molecule has 4 rings (SSSR count). The van der Waals surface area contributed by atoms with Gasteiger partial charge in [0.05, 0.1) is 4.90 Å². The number of aromatic nitrogens is 2. The molecule has 1 fully saturated rings. The molecule has 1 aromatic heterocycles. The Kier molecular flexibility index (Phi) is 5.75.